The molecule has 0 aromatic heterocycles. The molecule has 2 aromatic carbocycles. The first-order chi connectivity index (χ1) is 15.6. The number of hydrogen-bond donors (Lipinski definition) is 0. The predicted molar refractivity (Wildman–Crippen MR) is 134 cm³/mol. The van der Waals surface area contributed by atoms with Crippen molar-refractivity contribution in [3.05, 3.63) is 59.2 Å². The summed E-state index contributed by atoms with van der Waals surface area (Å²) < 4.78 is 30.4. The summed E-state index contributed by atoms with van der Waals surface area (Å²) in [6.45, 7) is 12.2. The highest BCUT2D eigenvalue weighted by Gasteiger charge is 2.36. The van der Waals surface area contributed by atoms with Gasteiger partial charge in [-0.3, -0.25) is 4.79 Å². The smallest absolute Gasteiger partial charge is 0.263 e. The second-order valence-corrected chi connectivity index (χ2v) is 11.0. The van der Waals surface area contributed by atoms with E-state index in [2.05, 4.69) is 30.9 Å². The Morgan fingerprint density at radius 1 is 1.09 bits per heavy atom. The molecule has 1 heterocycles. The van der Waals surface area contributed by atoms with Crippen LogP contribution in [0, 0.1) is 13.8 Å². The lowest BCUT2D eigenvalue weighted by molar-refractivity contribution is -0.140. The van der Waals surface area contributed by atoms with Gasteiger partial charge in [0.15, 0.2) is 15.9 Å². The fraction of sp³-hybridized carbons (Fsp3) is 0.500. The van der Waals surface area contributed by atoms with E-state index < -0.39 is 15.9 Å². The van der Waals surface area contributed by atoms with Crippen LogP contribution >= 0.6 is 0 Å². The van der Waals surface area contributed by atoms with Gasteiger partial charge >= 0.3 is 0 Å². The number of sulfone groups is 1. The average molecular weight is 473 g/mol. The summed E-state index contributed by atoms with van der Waals surface area (Å²) >= 11 is 0. The van der Waals surface area contributed by atoms with E-state index in [1.807, 2.05) is 44.2 Å². The molecule has 0 radical (unpaired) electrons. The zero-order valence-corrected chi connectivity index (χ0v) is 21.2. The maximum Gasteiger partial charge on any atom is 0.263 e. The number of hydrogen-bond acceptors (Lipinski definition) is 5. The third-order valence-corrected chi connectivity index (χ3v) is 8.31. The second-order valence-electron chi connectivity index (χ2n) is 8.82. The van der Waals surface area contributed by atoms with Crippen molar-refractivity contribution in [2.45, 2.75) is 59.7 Å². The van der Waals surface area contributed by atoms with E-state index >= 15 is 0 Å². The molecular formula is C26H36N2O4S. The van der Waals surface area contributed by atoms with Crippen molar-refractivity contribution in [3.8, 4) is 5.75 Å². The Hall–Kier alpha value is -2.54. The van der Waals surface area contributed by atoms with Gasteiger partial charge in [0.2, 0.25) is 0 Å². The van der Waals surface area contributed by atoms with Crippen molar-refractivity contribution >= 4 is 21.4 Å². The van der Waals surface area contributed by atoms with Gasteiger partial charge in [-0.2, -0.15) is 0 Å². The lowest BCUT2D eigenvalue weighted by Gasteiger charge is -2.31. The number of anilines is 1. The minimum absolute atomic E-state index is 0.00641. The summed E-state index contributed by atoms with van der Waals surface area (Å²) in [4.78, 5) is 17.5. The van der Waals surface area contributed by atoms with E-state index in [0.29, 0.717) is 18.7 Å². The summed E-state index contributed by atoms with van der Waals surface area (Å²) in [6.07, 6.45) is -0.259. The van der Waals surface area contributed by atoms with Gasteiger partial charge in [-0.05, 0) is 75.9 Å². The standard InChI is InChI=1S/C26H36N2O4S/c1-6-27(7-2)23-13-11-22(12-14-23)17-28(24-15-16-33(30,31)18-24)26(29)21(5)32-25-10-8-9-19(3)20(25)4/h8-14,21,24H,6-7,15-18H2,1-5H3. The van der Waals surface area contributed by atoms with E-state index in [1.165, 1.54) is 0 Å². The molecule has 7 heteroatoms. The number of amides is 1. The van der Waals surface area contributed by atoms with Crippen molar-refractivity contribution in [2.24, 2.45) is 0 Å². The van der Waals surface area contributed by atoms with Gasteiger partial charge in [0.1, 0.15) is 5.75 Å². The topological polar surface area (TPSA) is 66.9 Å². The van der Waals surface area contributed by atoms with Gasteiger partial charge in [0.05, 0.1) is 11.5 Å². The Labute approximate surface area is 198 Å². The molecular weight excluding hydrogens is 436 g/mol. The van der Waals surface area contributed by atoms with Crippen LogP contribution in [0.25, 0.3) is 0 Å². The van der Waals surface area contributed by atoms with Gasteiger partial charge in [-0.1, -0.05) is 24.3 Å². The quantitative estimate of drug-likeness (QED) is 0.549. The molecule has 33 heavy (non-hydrogen) atoms. The largest absolute Gasteiger partial charge is 0.481 e. The minimum Gasteiger partial charge on any atom is -0.481 e. The van der Waals surface area contributed by atoms with Crippen LogP contribution in [0.5, 0.6) is 5.75 Å². The van der Waals surface area contributed by atoms with Gasteiger partial charge in [0.25, 0.3) is 5.91 Å². The third-order valence-electron chi connectivity index (χ3n) is 6.56. The maximum absolute atomic E-state index is 13.5. The fourth-order valence-corrected chi connectivity index (χ4v) is 6.06. The molecule has 1 amide bonds. The highest BCUT2D eigenvalue weighted by Crippen LogP contribution is 2.25. The Morgan fingerprint density at radius 3 is 2.33 bits per heavy atom. The number of aryl methyl sites for hydroxylation is 1. The van der Waals surface area contributed by atoms with E-state index in [-0.39, 0.29) is 23.5 Å². The summed E-state index contributed by atoms with van der Waals surface area (Å²) in [5.74, 6) is 0.616. The van der Waals surface area contributed by atoms with E-state index in [9.17, 15) is 13.2 Å². The summed E-state index contributed by atoms with van der Waals surface area (Å²) in [5, 5.41) is 0. The van der Waals surface area contributed by atoms with Crippen LogP contribution in [0.1, 0.15) is 43.9 Å². The Bertz CT molecular complexity index is 1060. The highest BCUT2D eigenvalue weighted by molar-refractivity contribution is 7.91. The van der Waals surface area contributed by atoms with Crippen molar-refractivity contribution in [1.29, 1.82) is 0 Å². The van der Waals surface area contributed by atoms with E-state index in [4.69, 9.17) is 4.74 Å². The number of carbonyl (C=O) groups is 1. The maximum atomic E-state index is 13.5. The second kappa shape index (κ2) is 10.6. The predicted octanol–water partition coefficient (Wildman–Crippen LogP) is 4.13. The van der Waals surface area contributed by atoms with Gasteiger partial charge in [-0.25, -0.2) is 8.42 Å². The Kier molecular flexibility index (Phi) is 8.05. The SMILES string of the molecule is CCN(CC)c1ccc(CN(C(=O)C(C)Oc2cccc(C)c2C)C2CCS(=O)(=O)C2)cc1. The normalized spacial score (nSPS) is 18.0. The molecule has 1 saturated heterocycles. The first-order valence-corrected chi connectivity index (χ1v) is 13.5. The van der Waals surface area contributed by atoms with Crippen molar-refractivity contribution in [2.75, 3.05) is 29.5 Å². The summed E-state index contributed by atoms with van der Waals surface area (Å²) in [6, 6.07) is 13.6. The van der Waals surface area contributed by atoms with Crippen LogP contribution in [-0.4, -0.2) is 56.0 Å². The fourth-order valence-electron chi connectivity index (χ4n) is 4.33. The molecule has 1 fully saturated rings. The number of nitrogens with zero attached hydrogens (tertiary/aromatic N) is 2. The molecule has 0 spiro atoms. The van der Waals surface area contributed by atoms with E-state index in [0.717, 1.165) is 35.5 Å². The molecule has 1 aliphatic rings. The molecule has 0 N–H and O–H groups in total. The van der Waals surface area contributed by atoms with Crippen molar-refractivity contribution < 1.29 is 17.9 Å². The zero-order chi connectivity index (χ0) is 24.2. The molecule has 6 nitrogen and oxygen atoms in total. The molecule has 2 unspecified atom stereocenters. The van der Waals surface area contributed by atoms with Gasteiger partial charge in [0, 0.05) is 31.4 Å². The average Bonchev–Trinajstić information content (AvgIpc) is 3.15. The van der Waals surface area contributed by atoms with Crippen LogP contribution in [-0.2, 0) is 21.2 Å². The highest BCUT2D eigenvalue weighted by atomic mass is 32.2. The van der Waals surface area contributed by atoms with E-state index in [1.54, 1.807) is 11.8 Å². The molecule has 180 valence electrons. The molecule has 2 atom stereocenters. The zero-order valence-electron chi connectivity index (χ0n) is 20.4. The number of carbonyl (C=O) groups excluding carboxylic acids is 1. The Balaban J connectivity index is 1.82. The van der Waals surface area contributed by atoms with Crippen LogP contribution in [0.4, 0.5) is 5.69 Å². The molecule has 0 aliphatic carbocycles. The minimum atomic E-state index is -3.13. The number of ether oxygens (including phenoxy) is 1. The molecule has 1 aliphatic heterocycles. The molecule has 0 saturated carbocycles. The molecule has 3 rings (SSSR count). The molecule has 0 bridgehead atoms. The van der Waals surface area contributed by atoms with Crippen LogP contribution in [0.2, 0.25) is 0 Å². The van der Waals surface area contributed by atoms with Crippen LogP contribution in [0.15, 0.2) is 42.5 Å². The van der Waals surface area contributed by atoms with Crippen LogP contribution < -0.4 is 9.64 Å². The summed E-state index contributed by atoms with van der Waals surface area (Å²) in [7, 11) is -3.13. The first kappa shape index (κ1) is 25.1. The monoisotopic (exact) mass is 472 g/mol. The summed E-state index contributed by atoms with van der Waals surface area (Å²) in [5.41, 5.74) is 4.21. The van der Waals surface area contributed by atoms with Crippen molar-refractivity contribution in [3.63, 3.8) is 0 Å². The number of rotatable bonds is 9. The van der Waals surface area contributed by atoms with Gasteiger partial charge < -0.3 is 14.5 Å². The van der Waals surface area contributed by atoms with Crippen LogP contribution in [0.3, 0.4) is 0 Å². The third kappa shape index (κ3) is 6.08. The lowest BCUT2D eigenvalue weighted by Crippen LogP contribution is -2.46. The van der Waals surface area contributed by atoms with Gasteiger partial charge in [-0.15, -0.1) is 0 Å². The van der Waals surface area contributed by atoms with Crippen molar-refractivity contribution in [1.82, 2.24) is 4.90 Å². The Morgan fingerprint density at radius 2 is 1.76 bits per heavy atom. The number of benzene rings is 2. The molecule has 2 aromatic rings. The first-order valence-electron chi connectivity index (χ1n) is 11.7. The lowest BCUT2D eigenvalue weighted by atomic mass is 10.1.